The maximum atomic E-state index is 12.9. The van der Waals surface area contributed by atoms with Crippen LogP contribution in [0.1, 0.15) is 59.1 Å². The van der Waals surface area contributed by atoms with Gasteiger partial charge in [0.15, 0.2) is 0 Å². The fraction of sp³-hybridized carbons (Fsp3) is 0.417. The van der Waals surface area contributed by atoms with E-state index in [0.29, 0.717) is 31.2 Å². The molecule has 3 rings (SSSR count). The quantitative estimate of drug-likeness (QED) is 0.581. The molecular weight excluding hydrogens is 378 g/mol. The maximum absolute atomic E-state index is 12.9. The fourth-order valence-corrected chi connectivity index (χ4v) is 3.62. The first kappa shape index (κ1) is 21.8. The number of nitrogens with one attached hydrogen (secondary N) is 2. The summed E-state index contributed by atoms with van der Waals surface area (Å²) in [4.78, 5) is 27.2. The Morgan fingerprint density at radius 1 is 1.17 bits per heavy atom. The lowest BCUT2D eigenvalue weighted by molar-refractivity contribution is 0.0721. The Morgan fingerprint density at radius 3 is 2.73 bits per heavy atom. The fourth-order valence-electron chi connectivity index (χ4n) is 3.62. The predicted octanol–water partition coefficient (Wildman–Crippen LogP) is 4.07. The summed E-state index contributed by atoms with van der Waals surface area (Å²) in [5.41, 5.74) is 3.08. The van der Waals surface area contributed by atoms with Gasteiger partial charge in [0.05, 0.1) is 0 Å². The van der Waals surface area contributed by atoms with Crippen LogP contribution in [0.4, 0.5) is 5.69 Å². The zero-order chi connectivity index (χ0) is 21.5. The van der Waals surface area contributed by atoms with Gasteiger partial charge in [0, 0.05) is 49.2 Å². The second-order valence-corrected chi connectivity index (χ2v) is 8.00. The van der Waals surface area contributed by atoms with E-state index in [4.69, 9.17) is 4.74 Å². The summed E-state index contributed by atoms with van der Waals surface area (Å²) in [6, 6.07) is 15.1. The van der Waals surface area contributed by atoms with Crippen molar-refractivity contribution >= 4 is 17.5 Å². The Morgan fingerprint density at radius 2 is 1.97 bits per heavy atom. The topological polar surface area (TPSA) is 70.7 Å². The molecule has 0 fully saturated rings. The highest BCUT2D eigenvalue weighted by Gasteiger charge is 2.36. The number of anilines is 1. The lowest BCUT2D eigenvalue weighted by atomic mass is 10.1. The number of methoxy groups -OCH3 is 1. The van der Waals surface area contributed by atoms with E-state index in [1.807, 2.05) is 47.4 Å². The highest BCUT2D eigenvalue weighted by atomic mass is 16.5. The van der Waals surface area contributed by atoms with E-state index >= 15 is 0 Å². The van der Waals surface area contributed by atoms with Crippen LogP contribution in [0.15, 0.2) is 48.5 Å². The largest absolute Gasteiger partial charge is 0.385 e. The first-order valence-electron chi connectivity index (χ1n) is 10.5. The van der Waals surface area contributed by atoms with Crippen LogP contribution < -0.4 is 10.6 Å². The second kappa shape index (κ2) is 10.3. The molecule has 160 valence electrons. The normalized spacial score (nSPS) is 15.4. The molecule has 0 spiro atoms. The van der Waals surface area contributed by atoms with E-state index in [1.165, 1.54) is 0 Å². The molecule has 2 aromatic rings. The summed E-state index contributed by atoms with van der Waals surface area (Å²) in [5.74, 6) is 0.475. The summed E-state index contributed by atoms with van der Waals surface area (Å²) < 4.78 is 5.15. The highest BCUT2D eigenvalue weighted by molar-refractivity contribution is 5.99. The van der Waals surface area contributed by atoms with Crippen LogP contribution in [0.3, 0.4) is 0 Å². The Hall–Kier alpha value is -2.86. The molecule has 1 aliphatic rings. The maximum Gasteiger partial charge on any atom is 0.256 e. The number of amides is 2. The van der Waals surface area contributed by atoms with Gasteiger partial charge in [-0.2, -0.15) is 0 Å². The van der Waals surface area contributed by atoms with Crippen LogP contribution in [-0.2, 0) is 4.74 Å². The van der Waals surface area contributed by atoms with E-state index in [0.717, 1.165) is 29.7 Å². The zero-order valence-corrected chi connectivity index (χ0v) is 18.0. The molecule has 2 N–H and O–H groups in total. The molecule has 30 heavy (non-hydrogen) atoms. The van der Waals surface area contributed by atoms with E-state index in [9.17, 15) is 9.59 Å². The Bertz CT molecular complexity index is 882. The van der Waals surface area contributed by atoms with Gasteiger partial charge in [-0.15, -0.1) is 0 Å². The third-order valence-corrected chi connectivity index (χ3v) is 5.24. The highest BCUT2D eigenvalue weighted by Crippen LogP contribution is 2.34. The number of hydrogen-bond donors (Lipinski definition) is 2. The van der Waals surface area contributed by atoms with Gasteiger partial charge in [0.1, 0.15) is 6.17 Å². The molecule has 1 atom stereocenters. The van der Waals surface area contributed by atoms with E-state index in [-0.39, 0.29) is 18.0 Å². The van der Waals surface area contributed by atoms with Crippen molar-refractivity contribution in [1.82, 2.24) is 10.2 Å². The molecule has 0 aromatic heterocycles. The first-order valence-corrected chi connectivity index (χ1v) is 10.5. The lowest BCUT2D eigenvalue weighted by Crippen LogP contribution is -2.33. The predicted molar refractivity (Wildman–Crippen MR) is 119 cm³/mol. The van der Waals surface area contributed by atoms with Gasteiger partial charge >= 0.3 is 0 Å². The van der Waals surface area contributed by atoms with Crippen LogP contribution in [0, 0.1) is 5.92 Å². The van der Waals surface area contributed by atoms with Crippen LogP contribution >= 0.6 is 0 Å². The molecule has 1 aliphatic heterocycles. The van der Waals surface area contributed by atoms with E-state index in [1.54, 1.807) is 13.2 Å². The van der Waals surface area contributed by atoms with Gasteiger partial charge in [-0.25, -0.2) is 0 Å². The van der Waals surface area contributed by atoms with Crippen molar-refractivity contribution in [2.45, 2.75) is 32.9 Å². The van der Waals surface area contributed by atoms with Crippen LogP contribution in [0.2, 0.25) is 0 Å². The smallest absolute Gasteiger partial charge is 0.256 e. The molecular formula is C24H31N3O3. The minimum Gasteiger partial charge on any atom is -0.385 e. The summed E-state index contributed by atoms with van der Waals surface area (Å²) >= 11 is 0. The molecule has 0 saturated heterocycles. The molecule has 0 aliphatic carbocycles. The number of rotatable bonds is 10. The molecule has 6 nitrogen and oxygen atoms in total. The molecule has 1 unspecified atom stereocenters. The number of fused-ring (bicyclic) bond motifs is 1. The standard InChI is InChI=1S/C24H31N3O3/c1-17(2)12-13-25-23(28)18-8-6-9-19(16-18)26-22-20-10-4-5-11-21(20)24(29)27(22)14-7-15-30-3/h4-6,8-11,16-17,22,26H,7,12-15H2,1-3H3,(H,25,28). The Labute approximate surface area is 178 Å². The minimum absolute atomic E-state index is 0.0155. The van der Waals surface area contributed by atoms with Gasteiger partial charge < -0.3 is 20.3 Å². The summed E-state index contributed by atoms with van der Waals surface area (Å²) in [6.45, 7) is 6.12. The van der Waals surface area contributed by atoms with Gasteiger partial charge in [-0.05, 0) is 43.0 Å². The molecule has 2 amide bonds. The first-order chi connectivity index (χ1) is 14.5. The summed E-state index contributed by atoms with van der Waals surface area (Å²) in [7, 11) is 1.66. The number of ether oxygens (including phenoxy) is 1. The Balaban J connectivity index is 1.76. The SMILES string of the molecule is COCCCN1C(=O)c2ccccc2C1Nc1cccc(C(=O)NCCC(C)C)c1. The summed E-state index contributed by atoms with van der Waals surface area (Å²) in [5, 5.41) is 6.43. The van der Waals surface area contributed by atoms with Crippen molar-refractivity contribution in [2.75, 3.05) is 32.1 Å². The minimum atomic E-state index is -0.273. The van der Waals surface area contributed by atoms with Crippen molar-refractivity contribution in [3.05, 3.63) is 65.2 Å². The molecule has 6 heteroatoms. The molecule has 0 radical (unpaired) electrons. The Kier molecular flexibility index (Phi) is 7.46. The van der Waals surface area contributed by atoms with Gasteiger partial charge in [-0.1, -0.05) is 38.1 Å². The lowest BCUT2D eigenvalue weighted by Gasteiger charge is -2.27. The van der Waals surface area contributed by atoms with Gasteiger partial charge in [-0.3, -0.25) is 9.59 Å². The third-order valence-electron chi connectivity index (χ3n) is 5.24. The van der Waals surface area contributed by atoms with Crippen molar-refractivity contribution in [2.24, 2.45) is 5.92 Å². The molecule has 1 heterocycles. The van der Waals surface area contributed by atoms with Crippen molar-refractivity contribution in [3.63, 3.8) is 0 Å². The monoisotopic (exact) mass is 409 g/mol. The number of nitrogens with zero attached hydrogens (tertiary/aromatic N) is 1. The number of carbonyl (C=O) groups excluding carboxylic acids is 2. The molecule has 2 aromatic carbocycles. The third kappa shape index (κ3) is 5.19. The van der Waals surface area contributed by atoms with Crippen molar-refractivity contribution < 1.29 is 14.3 Å². The summed E-state index contributed by atoms with van der Waals surface area (Å²) in [6.07, 6.45) is 1.43. The van der Waals surface area contributed by atoms with Crippen LogP contribution in [0.25, 0.3) is 0 Å². The van der Waals surface area contributed by atoms with Crippen molar-refractivity contribution in [1.29, 1.82) is 0 Å². The van der Waals surface area contributed by atoms with E-state index in [2.05, 4.69) is 24.5 Å². The number of carbonyl (C=O) groups is 2. The number of benzene rings is 2. The molecule has 0 saturated carbocycles. The van der Waals surface area contributed by atoms with Gasteiger partial charge in [0.2, 0.25) is 0 Å². The second-order valence-electron chi connectivity index (χ2n) is 8.00. The van der Waals surface area contributed by atoms with Gasteiger partial charge in [0.25, 0.3) is 11.8 Å². The van der Waals surface area contributed by atoms with Crippen LogP contribution in [-0.4, -0.2) is 43.5 Å². The molecule has 0 bridgehead atoms. The van der Waals surface area contributed by atoms with Crippen LogP contribution in [0.5, 0.6) is 0 Å². The zero-order valence-electron chi connectivity index (χ0n) is 18.0. The van der Waals surface area contributed by atoms with Crippen molar-refractivity contribution in [3.8, 4) is 0 Å². The average Bonchev–Trinajstić information content (AvgIpc) is 3.00. The number of hydrogen-bond acceptors (Lipinski definition) is 4. The van der Waals surface area contributed by atoms with E-state index < -0.39 is 0 Å². The average molecular weight is 410 g/mol.